The van der Waals surface area contributed by atoms with Crippen molar-refractivity contribution in [2.45, 2.75) is 32.7 Å². The number of hydrogen-bond acceptors (Lipinski definition) is 4. The fourth-order valence-electron chi connectivity index (χ4n) is 2.62. The van der Waals surface area contributed by atoms with E-state index < -0.39 is 0 Å². The van der Waals surface area contributed by atoms with Crippen molar-refractivity contribution >= 4 is 41.3 Å². The largest absolute Gasteiger partial charge is 0.379 e. The second-order valence-corrected chi connectivity index (χ2v) is 6.84. The summed E-state index contributed by atoms with van der Waals surface area (Å²) in [6.45, 7) is 12.9. The molecule has 1 aliphatic rings. The maximum Gasteiger partial charge on any atom is 0.191 e. The van der Waals surface area contributed by atoms with Gasteiger partial charge in [0.1, 0.15) is 0 Å². The van der Waals surface area contributed by atoms with Crippen molar-refractivity contribution in [2.24, 2.45) is 4.99 Å². The van der Waals surface area contributed by atoms with Gasteiger partial charge in [-0.15, -0.1) is 24.0 Å². The standard InChI is InChI=1S/C17H30N4OS.HI/c1-4-18-17(19-11-14(2)16-5-10-23-13-16)20-12-15(3)21-6-8-22-9-7-21;/h5,10,13-15H,4,6-9,11-12H2,1-3H3,(H2,18,19,20);1H. The summed E-state index contributed by atoms with van der Waals surface area (Å²) in [6.07, 6.45) is 0. The Morgan fingerprint density at radius 2 is 2.08 bits per heavy atom. The zero-order chi connectivity index (χ0) is 16.5. The van der Waals surface area contributed by atoms with E-state index in [9.17, 15) is 0 Å². The Bertz CT molecular complexity index is 463. The van der Waals surface area contributed by atoms with Gasteiger partial charge in [0.15, 0.2) is 5.96 Å². The van der Waals surface area contributed by atoms with Gasteiger partial charge < -0.3 is 15.4 Å². The second-order valence-electron chi connectivity index (χ2n) is 6.06. The first-order valence-corrected chi connectivity index (χ1v) is 9.51. The molecule has 1 saturated heterocycles. The van der Waals surface area contributed by atoms with E-state index in [1.165, 1.54) is 5.56 Å². The SMILES string of the molecule is CCNC(=NCC(C)N1CCOCC1)NCC(C)c1ccsc1.I. The monoisotopic (exact) mass is 466 g/mol. The Hall–Kier alpha value is -0.380. The van der Waals surface area contributed by atoms with Gasteiger partial charge in [-0.25, -0.2) is 0 Å². The maximum absolute atomic E-state index is 5.41. The second kappa shape index (κ2) is 12.1. The van der Waals surface area contributed by atoms with E-state index in [-0.39, 0.29) is 24.0 Å². The minimum absolute atomic E-state index is 0. The number of morpholine rings is 1. The van der Waals surface area contributed by atoms with Crippen molar-refractivity contribution in [1.29, 1.82) is 0 Å². The summed E-state index contributed by atoms with van der Waals surface area (Å²) in [7, 11) is 0. The third-order valence-electron chi connectivity index (χ3n) is 4.21. The van der Waals surface area contributed by atoms with Crippen molar-refractivity contribution in [3.63, 3.8) is 0 Å². The number of nitrogens with zero attached hydrogens (tertiary/aromatic N) is 2. The number of guanidine groups is 1. The Morgan fingerprint density at radius 3 is 2.71 bits per heavy atom. The van der Waals surface area contributed by atoms with Crippen LogP contribution in [0.4, 0.5) is 0 Å². The molecule has 1 aliphatic heterocycles. The third kappa shape index (κ3) is 7.25. The molecule has 2 rings (SSSR count). The van der Waals surface area contributed by atoms with Gasteiger partial charge in [0, 0.05) is 32.2 Å². The molecule has 5 nitrogen and oxygen atoms in total. The first-order valence-electron chi connectivity index (χ1n) is 8.56. The molecular weight excluding hydrogens is 435 g/mol. The lowest BCUT2D eigenvalue weighted by atomic mass is 10.1. The van der Waals surface area contributed by atoms with Crippen molar-refractivity contribution < 1.29 is 4.74 Å². The lowest BCUT2D eigenvalue weighted by molar-refractivity contribution is 0.0220. The molecule has 7 heteroatoms. The van der Waals surface area contributed by atoms with Gasteiger partial charge in [-0.2, -0.15) is 11.3 Å². The molecular formula is C17H31IN4OS. The molecule has 0 radical (unpaired) electrons. The molecule has 0 aliphatic carbocycles. The molecule has 2 heterocycles. The van der Waals surface area contributed by atoms with Gasteiger partial charge in [0.05, 0.1) is 19.8 Å². The smallest absolute Gasteiger partial charge is 0.191 e. The molecule has 2 N–H and O–H groups in total. The summed E-state index contributed by atoms with van der Waals surface area (Å²) >= 11 is 1.75. The van der Waals surface area contributed by atoms with Crippen molar-refractivity contribution in [3.05, 3.63) is 22.4 Å². The van der Waals surface area contributed by atoms with Crippen LogP contribution in [0.5, 0.6) is 0 Å². The van der Waals surface area contributed by atoms with Crippen LogP contribution in [0.25, 0.3) is 0 Å². The number of rotatable bonds is 7. The highest BCUT2D eigenvalue weighted by Gasteiger charge is 2.16. The molecule has 2 unspecified atom stereocenters. The summed E-state index contributed by atoms with van der Waals surface area (Å²) in [4.78, 5) is 7.21. The highest BCUT2D eigenvalue weighted by Crippen LogP contribution is 2.16. The summed E-state index contributed by atoms with van der Waals surface area (Å²) in [5, 5.41) is 11.2. The van der Waals surface area contributed by atoms with Crippen LogP contribution >= 0.6 is 35.3 Å². The summed E-state index contributed by atoms with van der Waals surface area (Å²) in [6, 6.07) is 2.64. The fourth-order valence-corrected chi connectivity index (χ4v) is 3.40. The first kappa shape index (κ1) is 21.7. The minimum atomic E-state index is 0. The molecule has 0 aromatic carbocycles. The van der Waals surface area contributed by atoms with Gasteiger partial charge in [-0.1, -0.05) is 6.92 Å². The number of aliphatic imine (C=N–C) groups is 1. The minimum Gasteiger partial charge on any atom is -0.379 e. The Morgan fingerprint density at radius 1 is 1.33 bits per heavy atom. The van der Waals surface area contributed by atoms with Gasteiger partial charge in [0.25, 0.3) is 0 Å². The van der Waals surface area contributed by atoms with Crippen molar-refractivity contribution in [2.75, 3.05) is 45.9 Å². The maximum atomic E-state index is 5.41. The van der Waals surface area contributed by atoms with Gasteiger partial charge in [0.2, 0.25) is 0 Å². The van der Waals surface area contributed by atoms with Crippen LogP contribution in [0.3, 0.4) is 0 Å². The molecule has 0 saturated carbocycles. The van der Waals surface area contributed by atoms with Crippen LogP contribution < -0.4 is 10.6 Å². The zero-order valence-electron chi connectivity index (χ0n) is 15.0. The highest BCUT2D eigenvalue weighted by atomic mass is 127. The van der Waals surface area contributed by atoms with E-state index in [2.05, 4.69) is 53.1 Å². The van der Waals surface area contributed by atoms with Crippen LogP contribution in [0.15, 0.2) is 21.8 Å². The van der Waals surface area contributed by atoms with Crippen LogP contribution in [0.2, 0.25) is 0 Å². The molecule has 0 spiro atoms. The van der Waals surface area contributed by atoms with E-state index in [0.29, 0.717) is 12.0 Å². The molecule has 0 bridgehead atoms. The Kier molecular flexibility index (Phi) is 10.9. The van der Waals surface area contributed by atoms with Crippen molar-refractivity contribution in [3.8, 4) is 0 Å². The summed E-state index contributed by atoms with van der Waals surface area (Å²) in [5.74, 6) is 1.40. The molecule has 2 atom stereocenters. The number of hydrogen-bond donors (Lipinski definition) is 2. The number of nitrogens with one attached hydrogen (secondary N) is 2. The van der Waals surface area contributed by atoms with E-state index in [1.807, 2.05) is 0 Å². The third-order valence-corrected chi connectivity index (χ3v) is 4.92. The normalized spacial score (nSPS) is 18.5. The lowest BCUT2D eigenvalue weighted by Gasteiger charge is -2.31. The summed E-state index contributed by atoms with van der Waals surface area (Å²) in [5.41, 5.74) is 1.39. The lowest BCUT2D eigenvalue weighted by Crippen LogP contribution is -2.44. The van der Waals surface area contributed by atoms with Crippen molar-refractivity contribution in [1.82, 2.24) is 15.5 Å². The number of thiophene rings is 1. The quantitative estimate of drug-likeness (QED) is 0.369. The molecule has 138 valence electrons. The average Bonchev–Trinajstić information content (AvgIpc) is 3.12. The van der Waals surface area contributed by atoms with E-state index in [1.54, 1.807) is 11.3 Å². The van der Waals surface area contributed by atoms with Gasteiger partial charge >= 0.3 is 0 Å². The Balaban J connectivity index is 0.00000288. The van der Waals surface area contributed by atoms with Gasteiger partial charge in [-0.3, -0.25) is 9.89 Å². The topological polar surface area (TPSA) is 48.9 Å². The van der Waals surface area contributed by atoms with Crippen LogP contribution in [-0.4, -0.2) is 62.8 Å². The molecule has 24 heavy (non-hydrogen) atoms. The number of halogens is 1. The van der Waals surface area contributed by atoms with Crippen LogP contribution in [-0.2, 0) is 4.74 Å². The molecule has 1 aromatic heterocycles. The van der Waals surface area contributed by atoms with E-state index in [0.717, 1.165) is 51.9 Å². The fraction of sp³-hybridized carbons (Fsp3) is 0.706. The van der Waals surface area contributed by atoms with E-state index in [4.69, 9.17) is 9.73 Å². The molecule has 1 fully saturated rings. The summed E-state index contributed by atoms with van der Waals surface area (Å²) < 4.78 is 5.41. The number of ether oxygens (including phenoxy) is 1. The first-order chi connectivity index (χ1) is 11.2. The zero-order valence-corrected chi connectivity index (χ0v) is 18.1. The van der Waals surface area contributed by atoms with Crippen LogP contribution in [0, 0.1) is 0 Å². The average molecular weight is 466 g/mol. The Labute approximate surface area is 167 Å². The van der Waals surface area contributed by atoms with Gasteiger partial charge in [-0.05, 0) is 42.2 Å². The predicted octanol–water partition coefficient (Wildman–Crippen LogP) is 2.75. The molecule has 1 aromatic rings. The van der Waals surface area contributed by atoms with E-state index >= 15 is 0 Å². The van der Waals surface area contributed by atoms with Crippen LogP contribution in [0.1, 0.15) is 32.3 Å². The predicted molar refractivity (Wildman–Crippen MR) is 114 cm³/mol. The molecule has 0 amide bonds. The highest BCUT2D eigenvalue weighted by molar-refractivity contribution is 14.0.